The SMILES string of the molecule is CCN(CC)C(=O)C[C@H]1c2sccc2CCn2cccc21. The Balaban J connectivity index is 1.94. The second-order valence-electron chi connectivity index (χ2n) is 5.51. The van der Waals surface area contributed by atoms with Crippen LogP contribution in [0.5, 0.6) is 0 Å². The van der Waals surface area contributed by atoms with Crippen LogP contribution < -0.4 is 0 Å². The maximum Gasteiger partial charge on any atom is 0.223 e. The highest BCUT2D eigenvalue weighted by molar-refractivity contribution is 7.10. The van der Waals surface area contributed by atoms with Gasteiger partial charge >= 0.3 is 0 Å². The summed E-state index contributed by atoms with van der Waals surface area (Å²) >= 11 is 1.80. The molecule has 0 saturated carbocycles. The number of amides is 1. The maximum atomic E-state index is 12.6. The first-order valence-electron chi connectivity index (χ1n) is 7.73. The minimum atomic E-state index is 0.214. The molecule has 1 aliphatic rings. The molecule has 0 bridgehead atoms. The van der Waals surface area contributed by atoms with Crippen LogP contribution in [-0.4, -0.2) is 28.5 Å². The van der Waals surface area contributed by atoms with Crippen LogP contribution in [0.1, 0.15) is 42.3 Å². The van der Waals surface area contributed by atoms with Gasteiger partial charge in [0, 0.05) is 48.7 Å². The molecule has 2 aromatic rings. The van der Waals surface area contributed by atoms with Crippen molar-refractivity contribution in [2.75, 3.05) is 13.1 Å². The second-order valence-corrected chi connectivity index (χ2v) is 6.46. The molecule has 3 nitrogen and oxygen atoms in total. The number of aryl methyl sites for hydroxylation is 2. The van der Waals surface area contributed by atoms with E-state index in [2.05, 4.69) is 34.3 Å². The summed E-state index contributed by atoms with van der Waals surface area (Å²) in [7, 11) is 0. The zero-order chi connectivity index (χ0) is 14.8. The van der Waals surface area contributed by atoms with Gasteiger partial charge in [-0.25, -0.2) is 0 Å². The van der Waals surface area contributed by atoms with Crippen molar-refractivity contribution in [3.05, 3.63) is 45.9 Å². The van der Waals surface area contributed by atoms with Crippen LogP contribution in [0.2, 0.25) is 0 Å². The molecule has 0 unspecified atom stereocenters. The van der Waals surface area contributed by atoms with Crippen molar-refractivity contribution >= 4 is 17.2 Å². The lowest BCUT2D eigenvalue weighted by Crippen LogP contribution is -2.31. The molecule has 3 heterocycles. The molecule has 4 heteroatoms. The number of carbonyl (C=O) groups is 1. The topological polar surface area (TPSA) is 25.2 Å². The summed E-state index contributed by atoms with van der Waals surface area (Å²) in [6.07, 6.45) is 3.79. The van der Waals surface area contributed by atoms with Gasteiger partial charge < -0.3 is 9.47 Å². The van der Waals surface area contributed by atoms with Crippen LogP contribution in [0.4, 0.5) is 0 Å². The minimum absolute atomic E-state index is 0.214. The molecule has 0 saturated heterocycles. The van der Waals surface area contributed by atoms with Gasteiger partial charge in [0.15, 0.2) is 0 Å². The first-order valence-corrected chi connectivity index (χ1v) is 8.61. The molecule has 1 aliphatic heterocycles. The third-order valence-electron chi connectivity index (χ3n) is 4.44. The number of rotatable bonds is 4. The highest BCUT2D eigenvalue weighted by Gasteiger charge is 2.28. The van der Waals surface area contributed by atoms with E-state index in [1.807, 2.05) is 18.7 Å². The van der Waals surface area contributed by atoms with Crippen LogP contribution in [0.15, 0.2) is 29.8 Å². The molecule has 112 valence electrons. The van der Waals surface area contributed by atoms with Gasteiger partial charge in [-0.3, -0.25) is 4.79 Å². The zero-order valence-electron chi connectivity index (χ0n) is 12.7. The molecule has 0 aliphatic carbocycles. The first-order chi connectivity index (χ1) is 10.2. The van der Waals surface area contributed by atoms with Gasteiger partial charge in [0.05, 0.1) is 0 Å². The molecule has 2 aromatic heterocycles. The van der Waals surface area contributed by atoms with Gasteiger partial charge in [0.25, 0.3) is 0 Å². The highest BCUT2D eigenvalue weighted by Crippen LogP contribution is 2.37. The van der Waals surface area contributed by atoms with Crippen molar-refractivity contribution in [3.8, 4) is 0 Å². The Morgan fingerprint density at radius 2 is 2.19 bits per heavy atom. The predicted molar refractivity (Wildman–Crippen MR) is 86.8 cm³/mol. The summed E-state index contributed by atoms with van der Waals surface area (Å²) in [5.74, 6) is 0.476. The fourth-order valence-electron chi connectivity index (χ4n) is 3.26. The summed E-state index contributed by atoms with van der Waals surface area (Å²) in [5.41, 5.74) is 2.71. The molecule has 0 aromatic carbocycles. The quantitative estimate of drug-likeness (QED) is 0.848. The van der Waals surface area contributed by atoms with Crippen LogP contribution in [0.3, 0.4) is 0 Å². The largest absolute Gasteiger partial charge is 0.350 e. The number of carbonyl (C=O) groups excluding carboxylic acids is 1. The van der Waals surface area contributed by atoms with Crippen LogP contribution in [0.25, 0.3) is 0 Å². The Morgan fingerprint density at radius 1 is 1.38 bits per heavy atom. The average molecular weight is 302 g/mol. The minimum Gasteiger partial charge on any atom is -0.350 e. The van der Waals surface area contributed by atoms with Crippen LogP contribution >= 0.6 is 11.3 Å². The number of hydrogen-bond donors (Lipinski definition) is 0. The molecule has 21 heavy (non-hydrogen) atoms. The summed E-state index contributed by atoms with van der Waals surface area (Å²) in [6.45, 7) is 6.70. The van der Waals surface area contributed by atoms with Crippen molar-refractivity contribution in [1.82, 2.24) is 9.47 Å². The molecular formula is C17H22N2OS. The Kier molecular flexibility index (Phi) is 4.15. The van der Waals surface area contributed by atoms with Crippen LogP contribution in [-0.2, 0) is 17.8 Å². The third kappa shape index (κ3) is 2.64. The van der Waals surface area contributed by atoms with Crippen molar-refractivity contribution in [1.29, 1.82) is 0 Å². The number of fused-ring (bicyclic) bond motifs is 2. The number of thiophene rings is 1. The molecule has 0 radical (unpaired) electrons. The Hall–Kier alpha value is -1.55. The fourth-order valence-corrected chi connectivity index (χ4v) is 4.33. The monoisotopic (exact) mass is 302 g/mol. The number of aromatic nitrogens is 1. The standard InChI is InChI=1S/C17H22N2OS/c1-3-18(4-2)16(20)12-14-15-6-5-9-19(15)10-7-13-8-11-21-17(13)14/h5-6,8-9,11,14H,3-4,7,10,12H2,1-2H3/t14-/m1/s1. The van der Waals surface area contributed by atoms with Crippen molar-refractivity contribution in [2.24, 2.45) is 0 Å². The van der Waals surface area contributed by atoms with Gasteiger partial charge in [0.2, 0.25) is 5.91 Å². The number of hydrogen-bond acceptors (Lipinski definition) is 2. The molecule has 1 atom stereocenters. The summed E-state index contributed by atoms with van der Waals surface area (Å²) in [6, 6.07) is 6.50. The van der Waals surface area contributed by atoms with Crippen molar-refractivity contribution < 1.29 is 4.79 Å². The van der Waals surface area contributed by atoms with E-state index in [0.717, 1.165) is 26.1 Å². The lowest BCUT2D eigenvalue weighted by Gasteiger charge is -2.23. The van der Waals surface area contributed by atoms with E-state index >= 15 is 0 Å². The maximum absolute atomic E-state index is 12.6. The van der Waals surface area contributed by atoms with Gasteiger partial charge in [-0.1, -0.05) is 0 Å². The van der Waals surface area contributed by atoms with Gasteiger partial charge in [-0.15, -0.1) is 11.3 Å². The van der Waals surface area contributed by atoms with Gasteiger partial charge in [0.1, 0.15) is 0 Å². The van der Waals surface area contributed by atoms with Gasteiger partial charge in [-0.05, 0) is 49.4 Å². The number of nitrogens with zero attached hydrogens (tertiary/aromatic N) is 2. The average Bonchev–Trinajstić information content (AvgIpc) is 3.11. The predicted octanol–water partition coefficient (Wildman–Crippen LogP) is 3.50. The zero-order valence-corrected chi connectivity index (χ0v) is 13.5. The summed E-state index contributed by atoms with van der Waals surface area (Å²) in [5, 5.41) is 2.16. The summed E-state index contributed by atoms with van der Waals surface area (Å²) < 4.78 is 2.31. The van der Waals surface area contributed by atoms with E-state index in [-0.39, 0.29) is 11.8 Å². The Morgan fingerprint density at radius 3 is 2.95 bits per heavy atom. The van der Waals surface area contributed by atoms with E-state index < -0.39 is 0 Å². The lowest BCUT2D eigenvalue weighted by molar-refractivity contribution is -0.131. The summed E-state index contributed by atoms with van der Waals surface area (Å²) in [4.78, 5) is 15.9. The Labute approximate surface area is 130 Å². The molecule has 1 amide bonds. The second kappa shape index (κ2) is 6.06. The van der Waals surface area contributed by atoms with Crippen molar-refractivity contribution in [3.63, 3.8) is 0 Å². The first kappa shape index (κ1) is 14.4. The van der Waals surface area contributed by atoms with Gasteiger partial charge in [-0.2, -0.15) is 0 Å². The molecule has 0 fully saturated rings. The lowest BCUT2D eigenvalue weighted by atomic mass is 9.96. The normalized spacial score (nSPS) is 17.0. The molecule has 0 N–H and O–H groups in total. The molecule has 0 spiro atoms. The third-order valence-corrected chi connectivity index (χ3v) is 5.51. The van der Waals surface area contributed by atoms with E-state index in [9.17, 15) is 4.79 Å². The fraction of sp³-hybridized carbons (Fsp3) is 0.471. The highest BCUT2D eigenvalue weighted by atomic mass is 32.1. The van der Waals surface area contributed by atoms with Crippen LogP contribution in [0, 0.1) is 0 Å². The molecule has 3 rings (SSSR count). The van der Waals surface area contributed by atoms with Crippen molar-refractivity contribution in [2.45, 2.75) is 39.2 Å². The smallest absolute Gasteiger partial charge is 0.223 e. The van der Waals surface area contributed by atoms with E-state index in [0.29, 0.717) is 6.42 Å². The molecular weight excluding hydrogens is 280 g/mol. The Bertz CT molecular complexity index is 582. The van der Waals surface area contributed by atoms with E-state index in [1.165, 1.54) is 16.1 Å². The van der Waals surface area contributed by atoms with E-state index in [1.54, 1.807) is 11.3 Å². The van der Waals surface area contributed by atoms with E-state index in [4.69, 9.17) is 0 Å².